The smallest absolute Gasteiger partial charge is 0.0136 e. The second kappa shape index (κ2) is 7.26. The Morgan fingerprint density at radius 3 is 1.25 bits per heavy atom. The van der Waals surface area contributed by atoms with Gasteiger partial charge in [0.05, 0.1) is 0 Å². The Kier molecular flexibility index (Phi) is 6.25. The predicted molar refractivity (Wildman–Crippen MR) is 99.6 cm³/mol. The molecule has 0 N–H and O–H groups in total. The Hall–Kier alpha value is -0.830. The molecule has 0 aliphatic heterocycles. The van der Waals surface area contributed by atoms with Crippen LogP contribution in [0.15, 0.2) is 24.3 Å². The van der Waals surface area contributed by atoms with E-state index in [1.54, 1.807) is 0 Å². The zero-order valence-corrected chi connectivity index (χ0v) is 15.8. The largest absolute Gasteiger partial charge is 0.0683 e. The van der Waals surface area contributed by atoms with Gasteiger partial charge in [0.15, 0.2) is 0 Å². The summed E-state index contributed by atoms with van der Waals surface area (Å²) in [6.45, 7) is 15.0. The van der Waals surface area contributed by atoms with E-state index < -0.39 is 0 Å². The minimum absolute atomic E-state index is 1.31. The Balaban J connectivity index is 0.000000956. The lowest BCUT2D eigenvalue weighted by Gasteiger charge is -2.17. The van der Waals surface area contributed by atoms with Gasteiger partial charge in [0.2, 0.25) is 0 Å². The van der Waals surface area contributed by atoms with E-state index in [9.17, 15) is 0 Å². The van der Waals surface area contributed by atoms with E-state index in [4.69, 9.17) is 0 Å². The number of rotatable bonds is 1. The lowest BCUT2D eigenvalue weighted by molar-refractivity contribution is 1.28. The molecule has 0 saturated carbocycles. The van der Waals surface area contributed by atoms with E-state index in [-0.39, 0.29) is 0 Å². The van der Waals surface area contributed by atoms with Crippen molar-refractivity contribution in [2.24, 2.45) is 0 Å². The molecule has 0 saturated heterocycles. The fourth-order valence-electron chi connectivity index (χ4n) is 2.88. The van der Waals surface area contributed by atoms with Crippen molar-refractivity contribution in [3.63, 3.8) is 0 Å². The Morgan fingerprint density at radius 1 is 0.600 bits per heavy atom. The van der Waals surface area contributed by atoms with Gasteiger partial charge >= 0.3 is 0 Å². The molecule has 0 nitrogen and oxygen atoms in total. The summed E-state index contributed by atoms with van der Waals surface area (Å²) in [6.07, 6.45) is 0. The van der Waals surface area contributed by atoms with Crippen LogP contribution in [-0.4, -0.2) is 0 Å². The Morgan fingerprint density at radius 2 is 0.900 bits per heavy atom. The van der Waals surface area contributed by atoms with Gasteiger partial charge in [-0.3, -0.25) is 0 Å². The SMILES string of the molecule is CC.Cc1cc(C)c(-c2c(C)cc(I)cc2C)c(C)c1. The summed E-state index contributed by atoms with van der Waals surface area (Å²) >= 11 is 2.39. The first-order valence-electron chi connectivity index (χ1n) is 7.25. The highest BCUT2D eigenvalue weighted by Gasteiger charge is 2.12. The molecule has 0 heterocycles. The Labute approximate surface area is 137 Å². The normalized spacial score (nSPS) is 10.0. The van der Waals surface area contributed by atoms with E-state index >= 15 is 0 Å². The van der Waals surface area contributed by atoms with Gasteiger partial charge in [-0.2, -0.15) is 0 Å². The maximum atomic E-state index is 2.39. The van der Waals surface area contributed by atoms with Crippen LogP contribution in [0.1, 0.15) is 41.7 Å². The van der Waals surface area contributed by atoms with Crippen LogP contribution < -0.4 is 0 Å². The highest BCUT2D eigenvalue weighted by molar-refractivity contribution is 14.1. The van der Waals surface area contributed by atoms with Crippen molar-refractivity contribution in [1.29, 1.82) is 0 Å². The summed E-state index contributed by atoms with van der Waals surface area (Å²) in [7, 11) is 0. The van der Waals surface area contributed by atoms with E-state index in [1.165, 1.54) is 42.5 Å². The lowest BCUT2D eigenvalue weighted by Crippen LogP contribution is -1.96. The van der Waals surface area contributed by atoms with Crippen molar-refractivity contribution < 1.29 is 0 Å². The van der Waals surface area contributed by atoms with E-state index in [2.05, 4.69) is 81.5 Å². The highest BCUT2D eigenvalue weighted by atomic mass is 127. The molecule has 0 bridgehead atoms. The van der Waals surface area contributed by atoms with Crippen molar-refractivity contribution in [1.82, 2.24) is 0 Å². The van der Waals surface area contributed by atoms with Crippen LogP contribution in [0, 0.1) is 38.2 Å². The molecular formula is C19H25I. The zero-order valence-electron chi connectivity index (χ0n) is 13.7. The summed E-state index contributed by atoms with van der Waals surface area (Å²) in [5, 5.41) is 0. The summed E-state index contributed by atoms with van der Waals surface area (Å²) in [5.74, 6) is 0. The van der Waals surface area contributed by atoms with Gasteiger partial charge in [0, 0.05) is 3.57 Å². The first kappa shape index (κ1) is 17.2. The maximum Gasteiger partial charge on any atom is 0.0136 e. The fourth-order valence-corrected chi connectivity index (χ4v) is 3.81. The lowest BCUT2D eigenvalue weighted by atomic mass is 9.88. The minimum atomic E-state index is 1.31. The van der Waals surface area contributed by atoms with Gasteiger partial charge in [0.25, 0.3) is 0 Å². The molecule has 0 spiro atoms. The molecule has 0 fully saturated rings. The van der Waals surface area contributed by atoms with Crippen molar-refractivity contribution in [2.75, 3.05) is 0 Å². The van der Waals surface area contributed by atoms with Crippen LogP contribution in [-0.2, 0) is 0 Å². The number of aryl methyl sites for hydroxylation is 5. The first-order valence-corrected chi connectivity index (χ1v) is 8.33. The predicted octanol–water partition coefficient (Wildman–Crippen LogP) is 6.53. The average molecular weight is 380 g/mol. The topological polar surface area (TPSA) is 0 Å². The molecule has 0 atom stereocenters. The Bertz CT molecular complexity index is 508. The van der Waals surface area contributed by atoms with Crippen LogP contribution in [0.2, 0.25) is 0 Å². The first-order chi connectivity index (χ1) is 9.40. The van der Waals surface area contributed by atoms with Crippen LogP contribution in [0.25, 0.3) is 11.1 Å². The van der Waals surface area contributed by atoms with E-state index in [1.807, 2.05) is 13.8 Å². The molecule has 0 amide bonds. The van der Waals surface area contributed by atoms with Crippen molar-refractivity contribution in [2.45, 2.75) is 48.5 Å². The van der Waals surface area contributed by atoms with Gasteiger partial charge < -0.3 is 0 Å². The molecule has 20 heavy (non-hydrogen) atoms. The molecule has 1 heteroatoms. The van der Waals surface area contributed by atoms with E-state index in [0.717, 1.165) is 0 Å². The van der Waals surface area contributed by atoms with Crippen LogP contribution >= 0.6 is 22.6 Å². The zero-order chi connectivity index (χ0) is 15.4. The van der Waals surface area contributed by atoms with Gasteiger partial charge in [-0.15, -0.1) is 0 Å². The van der Waals surface area contributed by atoms with Crippen LogP contribution in [0.5, 0.6) is 0 Å². The van der Waals surface area contributed by atoms with Gasteiger partial charge in [-0.1, -0.05) is 31.5 Å². The monoisotopic (exact) mass is 380 g/mol. The summed E-state index contributed by atoms with van der Waals surface area (Å²) < 4.78 is 1.31. The van der Waals surface area contributed by atoms with Crippen molar-refractivity contribution in [3.8, 4) is 11.1 Å². The average Bonchev–Trinajstić information content (AvgIpc) is 2.33. The molecule has 0 aliphatic carbocycles. The van der Waals surface area contributed by atoms with Crippen LogP contribution in [0.3, 0.4) is 0 Å². The number of halogens is 1. The summed E-state index contributed by atoms with van der Waals surface area (Å²) in [5.41, 5.74) is 9.65. The molecule has 2 rings (SSSR count). The minimum Gasteiger partial charge on any atom is -0.0683 e. The fraction of sp³-hybridized carbons (Fsp3) is 0.368. The maximum absolute atomic E-state index is 2.39. The second-order valence-electron chi connectivity index (χ2n) is 5.19. The second-order valence-corrected chi connectivity index (χ2v) is 6.43. The molecule has 0 aliphatic rings. The number of benzene rings is 2. The van der Waals surface area contributed by atoms with Gasteiger partial charge in [-0.05, 0) is 103 Å². The quantitative estimate of drug-likeness (QED) is 0.494. The molecular weight excluding hydrogens is 355 g/mol. The van der Waals surface area contributed by atoms with Crippen molar-refractivity contribution in [3.05, 3.63) is 55.7 Å². The third-order valence-electron chi connectivity index (χ3n) is 3.42. The van der Waals surface area contributed by atoms with E-state index in [0.29, 0.717) is 0 Å². The van der Waals surface area contributed by atoms with Crippen LogP contribution in [0.4, 0.5) is 0 Å². The molecule has 0 radical (unpaired) electrons. The molecule has 0 aromatic heterocycles. The molecule has 108 valence electrons. The molecule has 2 aromatic carbocycles. The van der Waals surface area contributed by atoms with Crippen molar-refractivity contribution >= 4 is 22.6 Å². The third kappa shape index (κ3) is 3.63. The standard InChI is InChI=1S/C17H19I.C2H6/c1-10-6-11(2)16(12(3)7-10)17-13(4)8-15(18)9-14(17)5;1-2/h6-9H,1-5H3;1-2H3. The summed E-state index contributed by atoms with van der Waals surface area (Å²) in [4.78, 5) is 0. The van der Waals surface area contributed by atoms with Gasteiger partial charge in [0.1, 0.15) is 0 Å². The third-order valence-corrected chi connectivity index (χ3v) is 4.05. The molecule has 0 unspecified atom stereocenters. The number of hydrogen-bond acceptors (Lipinski definition) is 0. The number of hydrogen-bond donors (Lipinski definition) is 0. The highest BCUT2D eigenvalue weighted by Crippen LogP contribution is 2.34. The van der Waals surface area contributed by atoms with Gasteiger partial charge in [-0.25, -0.2) is 0 Å². The molecule has 2 aromatic rings. The summed E-state index contributed by atoms with van der Waals surface area (Å²) in [6, 6.07) is 9.08.